The third-order valence-electron chi connectivity index (χ3n) is 3.79. The van der Waals surface area contributed by atoms with Gasteiger partial charge >= 0.3 is 6.36 Å². The Hall–Kier alpha value is -2.83. The quantitative estimate of drug-likeness (QED) is 0.576. The average molecular weight is 495 g/mol. The van der Waals surface area contributed by atoms with Crippen molar-refractivity contribution in [3.8, 4) is 11.4 Å². The van der Waals surface area contributed by atoms with Gasteiger partial charge in [0, 0.05) is 10.0 Å². The molecule has 31 heavy (non-hydrogen) atoms. The van der Waals surface area contributed by atoms with Gasteiger partial charge in [-0.2, -0.15) is 0 Å². The number of sulfonamides is 1. The first-order chi connectivity index (χ1) is 14.4. The molecule has 0 spiro atoms. The number of rotatable bonds is 5. The number of nitrogens with one attached hydrogen (secondary N) is 1. The molecule has 1 N–H and O–H groups in total. The molecule has 0 saturated heterocycles. The molecule has 8 nitrogen and oxygen atoms in total. The first-order valence-electron chi connectivity index (χ1n) is 8.18. The Balaban J connectivity index is 1.91. The lowest BCUT2D eigenvalue weighted by Crippen LogP contribution is -2.32. The van der Waals surface area contributed by atoms with E-state index in [4.69, 9.17) is 23.2 Å². The van der Waals surface area contributed by atoms with Crippen LogP contribution in [0.25, 0.3) is 5.69 Å². The highest BCUT2D eigenvalue weighted by molar-refractivity contribution is 7.90. The van der Waals surface area contributed by atoms with Gasteiger partial charge in [-0.3, -0.25) is 4.79 Å². The van der Waals surface area contributed by atoms with Crippen LogP contribution in [0.1, 0.15) is 16.2 Å². The van der Waals surface area contributed by atoms with Crippen molar-refractivity contribution in [1.82, 2.24) is 19.7 Å². The van der Waals surface area contributed by atoms with E-state index in [1.165, 1.54) is 35.9 Å². The summed E-state index contributed by atoms with van der Waals surface area (Å²) < 4.78 is 69.3. The Morgan fingerprint density at radius 2 is 1.74 bits per heavy atom. The van der Waals surface area contributed by atoms with E-state index in [0.717, 1.165) is 18.2 Å². The Morgan fingerprint density at radius 1 is 1.13 bits per heavy atom. The molecule has 3 aromatic rings. The summed E-state index contributed by atoms with van der Waals surface area (Å²) in [5, 5.41) is 8.00. The van der Waals surface area contributed by atoms with Crippen molar-refractivity contribution in [1.29, 1.82) is 0 Å². The predicted octanol–water partition coefficient (Wildman–Crippen LogP) is 3.90. The van der Waals surface area contributed by atoms with Crippen LogP contribution in [-0.4, -0.2) is 35.7 Å². The maximum atomic E-state index is 12.6. The van der Waals surface area contributed by atoms with Gasteiger partial charge in [-0.05, 0) is 37.3 Å². The fraction of sp³-hybridized carbons (Fsp3) is 0.118. The fourth-order valence-corrected chi connectivity index (χ4v) is 4.15. The van der Waals surface area contributed by atoms with Crippen molar-refractivity contribution in [2.45, 2.75) is 18.2 Å². The van der Waals surface area contributed by atoms with E-state index in [1.807, 2.05) is 0 Å². The van der Waals surface area contributed by atoms with Gasteiger partial charge in [-0.1, -0.05) is 40.5 Å². The summed E-state index contributed by atoms with van der Waals surface area (Å²) in [4.78, 5) is 11.6. The summed E-state index contributed by atoms with van der Waals surface area (Å²) in [7, 11) is -4.74. The van der Waals surface area contributed by atoms with Gasteiger partial charge < -0.3 is 4.74 Å². The highest BCUT2D eigenvalue weighted by Gasteiger charge is 2.34. The molecule has 0 saturated carbocycles. The molecule has 1 heterocycles. The summed E-state index contributed by atoms with van der Waals surface area (Å²) in [6.07, 6.45) is -5.13. The summed E-state index contributed by atoms with van der Waals surface area (Å²) in [5.41, 5.74) is 0.105. The Bertz CT molecular complexity index is 1240. The molecule has 2 aromatic carbocycles. The van der Waals surface area contributed by atoms with Crippen molar-refractivity contribution >= 4 is 39.1 Å². The van der Waals surface area contributed by atoms with E-state index in [2.05, 4.69) is 15.0 Å². The molecular weight excluding hydrogens is 484 g/mol. The van der Waals surface area contributed by atoms with Crippen LogP contribution in [0.5, 0.6) is 5.75 Å². The Kier molecular flexibility index (Phi) is 6.16. The molecule has 3 rings (SSSR count). The van der Waals surface area contributed by atoms with Crippen molar-refractivity contribution in [3.63, 3.8) is 0 Å². The second-order valence-electron chi connectivity index (χ2n) is 5.99. The predicted molar refractivity (Wildman–Crippen MR) is 104 cm³/mol. The molecular formula is C17H11Cl2F3N4O4S. The molecule has 0 unspecified atom stereocenters. The molecule has 1 aromatic heterocycles. The monoisotopic (exact) mass is 494 g/mol. The highest BCUT2D eigenvalue weighted by Crippen LogP contribution is 2.29. The minimum Gasteiger partial charge on any atom is -0.404 e. The van der Waals surface area contributed by atoms with E-state index in [0.29, 0.717) is 5.69 Å². The zero-order chi connectivity index (χ0) is 23.0. The van der Waals surface area contributed by atoms with Crippen LogP contribution in [0.2, 0.25) is 10.0 Å². The lowest BCUT2D eigenvalue weighted by molar-refractivity contribution is -0.275. The Labute approximate surface area is 183 Å². The molecule has 1 amide bonds. The molecule has 0 atom stereocenters. The number of aromatic nitrogens is 3. The van der Waals surface area contributed by atoms with Gasteiger partial charge in [0.15, 0.2) is 5.69 Å². The number of alkyl halides is 3. The third-order valence-corrected chi connectivity index (χ3v) is 5.60. The lowest BCUT2D eigenvalue weighted by atomic mass is 10.3. The number of nitrogens with zero attached hydrogens (tertiary/aromatic N) is 3. The van der Waals surface area contributed by atoms with Crippen LogP contribution < -0.4 is 9.46 Å². The number of halogens is 5. The molecule has 0 bridgehead atoms. The van der Waals surface area contributed by atoms with Crippen LogP contribution in [0.4, 0.5) is 13.2 Å². The third kappa shape index (κ3) is 5.27. The zero-order valence-electron chi connectivity index (χ0n) is 15.3. The van der Waals surface area contributed by atoms with E-state index in [9.17, 15) is 26.4 Å². The van der Waals surface area contributed by atoms with Crippen LogP contribution in [-0.2, 0) is 10.0 Å². The van der Waals surface area contributed by atoms with Crippen molar-refractivity contribution in [2.75, 3.05) is 0 Å². The van der Waals surface area contributed by atoms with Crippen molar-refractivity contribution in [2.24, 2.45) is 0 Å². The van der Waals surface area contributed by atoms with Gasteiger partial charge in [0.1, 0.15) is 10.6 Å². The van der Waals surface area contributed by atoms with E-state index < -0.39 is 32.9 Å². The Morgan fingerprint density at radius 3 is 2.35 bits per heavy atom. The van der Waals surface area contributed by atoms with Crippen LogP contribution in [0, 0.1) is 6.92 Å². The highest BCUT2D eigenvalue weighted by atomic mass is 35.5. The van der Waals surface area contributed by atoms with E-state index in [1.54, 1.807) is 4.72 Å². The van der Waals surface area contributed by atoms with Crippen molar-refractivity contribution < 1.29 is 31.1 Å². The number of ether oxygens (including phenoxy) is 1. The fourth-order valence-electron chi connectivity index (χ4n) is 2.55. The maximum absolute atomic E-state index is 12.6. The summed E-state index contributed by atoms with van der Waals surface area (Å²) in [6, 6.07) is 8.42. The minimum atomic E-state index is -5.13. The molecule has 14 heteroatoms. The normalized spacial score (nSPS) is 11.9. The molecule has 164 valence electrons. The van der Waals surface area contributed by atoms with Gasteiger partial charge in [-0.15, -0.1) is 18.3 Å². The number of carbonyl (C=O) groups excluding carboxylic acids is 1. The van der Waals surface area contributed by atoms with Crippen molar-refractivity contribution in [3.05, 3.63) is 63.9 Å². The van der Waals surface area contributed by atoms with Crippen LogP contribution in [0.15, 0.2) is 47.4 Å². The second kappa shape index (κ2) is 8.36. The summed E-state index contributed by atoms with van der Waals surface area (Å²) >= 11 is 11.9. The first-order valence-corrected chi connectivity index (χ1v) is 10.4. The largest absolute Gasteiger partial charge is 0.573 e. The van der Waals surface area contributed by atoms with Gasteiger partial charge in [0.25, 0.3) is 15.9 Å². The number of carbonyl (C=O) groups is 1. The standard InChI is InChI=1S/C17H11Cl2F3N4O4S/c1-9-15(23-25-26(9)12-7-10(18)6-11(19)8-12)16(27)24-31(28,29)14-5-3-2-4-13(14)30-17(20,21)22/h2-8H,1H3,(H,24,27). The number of para-hydroxylation sites is 1. The number of hydrogen-bond acceptors (Lipinski definition) is 6. The SMILES string of the molecule is Cc1c(C(=O)NS(=O)(=O)c2ccccc2OC(F)(F)F)nnn1-c1cc(Cl)cc(Cl)c1. The summed E-state index contributed by atoms with van der Waals surface area (Å²) in [5.74, 6) is -2.21. The van der Waals surface area contributed by atoms with Gasteiger partial charge in [0.05, 0.1) is 11.4 Å². The van der Waals surface area contributed by atoms with E-state index >= 15 is 0 Å². The average Bonchev–Trinajstić information content (AvgIpc) is 3.01. The molecule has 0 radical (unpaired) electrons. The number of hydrogen-bond donors (Lipinski definition) is 1. The smallest absolute Gasteiger partial charge is 0.404 e. The topological polar surface area (TPSA) is 103 Å². The van der Waals surface area contributed by atoms with Crippen LogP contribution in [0.3, 0.4) is 0 Å². The molecule has 0 aliphatic heterocycles. The molecule has 0 fully saturated rings. The molecule has 0 aliphatic carbocycles. The van der Waals surface area contributed by atoms with Crippen LogP contribution >= 0.6 is 23.2 Å². The first kappa shape index (κ1) is 22.8. The second-order valence-corrected chi connectivity index (χ2v) is 8.52. The van der Waals surface area contributed by atoms with E-state index in [-0.39, 0.29) is 21.4 Å². The van der Waals surface area contributed by atoms with Gasteiger partial charge in [-0.25, -0.2) is 17.8 Å². The zero-order valence-corrected chi connectivity index (χ0v) is 17.6. The van der Waals surface area contributed by atoms with Gasteiger partial charge in [0.2, 0.25) is 0 Å². The number of benzene rings is 2. The number of amides is 1. The molecule has 0 aliphatic rings. The maximum Gasteiger partial charge on any atom is 0.573 e. The lowest BCUT2D eigenvalue weighted by Gasteiger charge is -2.13. The summed E-state index contributed by atoms with van der Waals surface area (Å²) in [6.45, 7) is 1.43. The minimum absolute atomic E-state index is 0.130.